The van der Waals surface area contributed by atoms with Gasteiger partial charge in [-0.2, -0.15) is 5.26 Å². The highest BCUT2D eigenvalue weighted by molar-refractivity contribution is 5.88. The number of nitrogens with one attached hydrogen (secondary N) is 2. The molecule has 0 aliphatic heterocycles. The average molecular weight is 304 g/mol. The van der Waals surface area contributed by atoms with Crippen LogP contribution in [0.1, 0.15) is 29.0 Å². The molecular weight excluding hydrogens is 288 g/mol. The molecule has 5 nitrogen and oxygen atoms in total. The van der Waals surface area contributed by atoms with Crippen molar-refractivity contribution in [3.05, 3.63) is 59.3 Å². The van der Waals surface area contributed by atoms with E-state index >= 15 is 0 Å². The van der Waals surface area contributed by atoms with Gasteiger partial charge in [0.25, 0.3) is 0 Å². The third kappa shape index (κ3) is 2.53. The Morgan fingerprint density at radius 2 is 2.13 bits per heavy atom. The van der Waals surface area contributed by atoms with Crippen LogP contribution in [0.3, 0.4) is 0 Å². The molecule has 0 bridgehead atoms. The molecule has 5 heteroatoms. The molecule has 2 aliphatic rings. The van der Waals surface area contributed by atoms with E-state index in [1.807, 2.05) is 6.07 Å². The van der Waals surface area contributed by atoms with E-state index < -0.39 is 0 Å². The number of carbonyl (C=O) groups is 1. The predicted molar refractivity (Wildman–Crippen MR) is 85.9 cm³/mol. The molecule has 0 spiro atoms. The number of aromatic nitrogens is 1. The first-order valence-electron chi connectivity index (χ1n) is 7.78. The Morgan fingerprint density at radius 3 is 2.91 bits per heavy atom. The number of hydrogen-bond acceptors (Lipinski definition) is 3. The minimum absolute atomic E-state index is 0.206. The van der Waals surface area contributed by atoms with Crippen molar-refractivity contribution < 1.29 is 4.79 Å². The molecular formula is C18H16N4O. The van der Waals surface area contributed by atoms with Crippen LogP contribution < -0.4 is 10.6 Å². The lowest BCUT2D eigenvalue weighted by atomic mass is 9.92. The summed E-state index contributed by atoms with van der Waals surface area (Å²) in [6, 6.07) is 13.7. The van der Waals surface area contributed by atoms with Gasteiger partial charge < -0.3 is 5.32 Å². The second-order valence-electron chi connectivity index (χ2n) is 6.10. The summed E-state index contributed by atoms with van der Waals surface area (Å²) in [5.41, 5.74) is 3.26. The van der Waals surface area contributed by atoms with E-state index in [-0.39, 0.29) is 12.1 Å². The van der Waals surface area contributed by atoms with E-state index in [2.05, 4.69) is 39.9 Å². The maximum atomic E-state index is 12.1. The molecule has 2 N–H and O–H groups in total. The van der Waals surface area contributed by atoms with Gasteiger partial charge >= 0.3 is 6.03 Å². The highest BCUT2D eigenvalue weighted by atomic mass is 16.2. The third-order valence-corrected chi connectivity index (χ3v) is 4.76. The Hall–Kier alpha value is -2.87. The molecule has 0 radical (unpaired) electrons. The van der Waals surface area contributed by atoms with E-state index in [9.17, 15) is 4.79 Å². The van der Waals surface area contributed by atoms with Crippen LogP contribution in [-0.4, -0.2) is 17.1 Å². The van der Waals surface area contributed by atoms with Gasteiger partial charge in [-0.15, -0.1) is 0 Å². The van der Waals surface area contributed by atoms with Crippen LogP contribution in [0.15, 0.2) is 42.6 Å². The summed E-state index contributed by atoms with van der Waals surface area (Å²) in [5.74, 6) is 1.44. The molecule has 4 rings (SSSR count). The van der Waals surface area contributed by atoms with Gasteiger partial charge in [0.15, 0.2) is 0 Å². The van der Waals surface area contributed by atoms with Crippen molar-refractivity contribution in [2.45, 2.75) is 24.8 Å². The van der Waals surface area contributed by atoms with Gasteiger partial charge in [0.1, 0.15) is 11.9 Å². The van der Waals surface area contributed by atoms with Crippen molar-refractivity contribution in [1.82, 2.24) is 10.3 Å². The average Bonchev–Trinajstić information content (AvgIpc) is 3.29. The second kappa shape index (κ2) is 5.40. The normalized spacial score (nSPS) is 23.9. The summed E-state index contributed by atoms with van der Waals surface area (Å²) >= 11 is 0. The fraction of sp³-hybridized carbons (Fsp3) is 0.278. The Morgan fingerprint density at radius 1 is 1.26 bits per heavy atom. The second-order valence-corrected chi connectivity index (χ2v) is 6.10. The lowest BCUT2D eigenvalue weighted by Gasteiger charge is -2.13. The van der Waals surface area contributed by atoms with Crippen LogP contribution in [0, 0.1) is 17.2 Å². The molecule has 0 saturated heterocycles. The van der Waals surface area contributed by atoms with Gasteiger partial charge in [-0.05, 0) is 42.0 Å². The van der Waals surface area contributed by atoms with Crippen molar-refractivity contribution in [2.24, 2.45) is 5.92 Å². The first-order valence-corrected chi connectivity index (χ1v) is 7.78. The zero-order valence-electron chi connectivity index (χ0n) is 12.5. The van der Waals surface area contributed by atoms with Crippen LogP contribution in [0.4, 0.5) is 10.6 Å². The molecule has 2 aromatic rings. The zero-order valence-corrected chi connectivity index (χ0v) is 12.5. The highest BCUT2D eigenvalue weighted by Gasteiger charge is 2.53. The summed E-state index contributed by atoms with van der Waals surface area (Å²) < 4.78 is 0. The molecule has 114 valence electrons. The van der Waals surface area contributed by atoms with E-state index in [1.165, 1.54) is 17.3 Å². The van der Waals surface area contributed by atoms with Crippen molar-refractivity contribution in [1.29, 1.82) is 5.26 Å². The standard InChI is InChI=1S/C18H16N4O/c19-9-11-5-8-15(20-10-11)21-18(23)22-17-14-7-6-12-3-1-2-4-13(12)16(14)17/h1-5,8,10,14,16-17H,6-7H2,(H2,20,21,22,23)/t14-,16+,17?/m0/s1. The van der Waals surface area contributed by atoms with E-state index in [4.69, 9.17) is 5.26 Å². The summed E-state index contributed by atoms with van der Waals surface area (Å²) in [6.45, 7) is 0. The SMILES string of the molecule is N#Cc1ccc(NC(=O)NC2[C@H]3CCc4ccccc4[C@@H]23)nc1. The Labute approximate surface area is 134 Å². The smallest absolute Gasteiger partial charge is 0.320 e. The van der Waals surface area contributed by atoms with Gasteiger partial charge in [0, 0.05) is 18.2 Å². The van der Waals surface area contributed by atoms with E-state index in [0.29, 0.717) is 23.2 Å². The maximum Gasteiger partial charge on any atom is 0.320 e. The van der Waals surface area contributed by atoms with Crippen molar-refractivity contribution >= 4 is 11.8 Å². The number of rotatable bonds is 2. The monoisotopic (exact) mass is 304 g/mol. The molecule has 1 aromatic carbocycles. The predicted octanol–water partition coefficient (Wildman–Crippen LogP) is 2.80. The number of pyridine rings is 1. The van der Waals surface area contributed by atoms with Crippen LogP contribution in [-0.2, 0) is 6.42 Å². The van der Waals surface area contributed by atoms with Gasteiger partial charge in [-0.1, -0.05) is 24.3 Å². The summed E-state index contributed by atoms with van der Waals surface area (Å²) in [7, 11) is 0. The number of nitrogens with zero attached hydrogens (tertiary/aromatic N) is 2. The van der Waals surface area contributed by atoms with Crippen molar-refractivity contribution in [3.8, 4) is 6.07 Å². The number of fused-ring (bicyclic) bond motifs is 3. The third-order valence-electron chi connectivity index (χ3n) is 4.76. The molecule has 23 heavy (non-hydrogen) atoms. The lowest BCUT2D eigenvalue weighted by molar-refractivity contribution is 0.251. The number of urea groups is 1. The van der Waals surface area contributed by atoms with Gasteiger partial charge in [0.2, 0.25) is 0 Å². The first-order chi connectivity index (χ1) is 11.3. The Bertz CT molecular complexity index is 793. The van der Waals surface area contributed by atoms with Crippen molar-refractivity contribution in [2.75, 3.05) is 5.32 Å². The minimum atomic E-state index is -0.237. The molecule has 1 heterocycles. The van der Waals surface area contributed by atoms with Gasteiger partial charge in [-0.3, -0.25) is 5.32 Å². The first kappa shape index (κ1) is 13.8. The lowest BCUT2D eigenvalue weighted by Crippen LogP contribution is -2.32. The van der Waals surface area contributed by atoms with E-state index in [1.54, 1.807) is 12.1 Å². The quantitative estimate of drug-likeness (QED) is 0.895. The number of aryl methyl sites for hydroxylation is 1. The number of benzene rings is 1. The number of amides is 2. The summed E-state index contributed by atoms with van der Waals surface area (Å²) in [4.78, 5) is 16.2. The zero-order chi connectivity index (χ0) is 15.8. The largest absolute Gasteiger partial charge is 0.334 e. The fourth-order valence-corrected chi connectivity index (χ4v) is 3.60. The highest BCUT2D eigenvalue weighted by Crippen LogP contribution is 2.54. The fourth-order valence-electron chi connectivity index (χ4n) is 3.60. The van der Waals surface area contributed by atoms with Crippen LogP contribution in [0.5, 0.6) is 0 Å². The minimum Gasteiger partial charge on any atom is -0.334 e. The molecule has 2 amide bonds. The Kier molecular flexibility index (Phi) is 3.23. The molecule has 1 saturated carbocycles. The molecule has 2 aliphatic carbocycles. The number of carbonyl (C=O) groups excluding carboxylic acids is 1. The van der Waals surface area contributed by atoms with Gasteiger partial charge in [-0.25, -0.2) is 9.78 Å². The number of hydrogen-bond donors (Lipinski definition) is 2. The molecule has 1 fully saturated rings. The summed E-state index contributed by atoms with van der Waals surface area (Å²) in [6.07, 6.45) is 3.67. The van der Waals surface area contributed by atoms with Crippen LogP contribution >= 0.6 is 0 Å². The number of nitriles is 1. The van der Waals surface area contributed by atoms with E-state index in [0.717, 1.165) is 12.8 Å². The molecule has 1 unspecified atom stereocenters. The van der Waals surface area contributed by atoms with Crippen LogP contribution in [0.2, 0.25) is 0 Å². The molecule has 3 atom stereocenters. The number of anilines is 1. The maximum absolute atomic E-state index is 12.1. The van der Waals surface area contributed by atoms with Crippen molar-refractivity contribution in [3.63, 3.8) is 0 Å². The summed E-state index contributed by atoms with van der Waals surface area (Å²) in [5, 5.41) is 14.5. The van der Waals surface area contributed by atoms with Crippen LogP contribution in [0.25, 0.3) is 0 Å². The molecule has 1 aromatic heterocycles. The topological polar surface area (TPSA) is 77.8 Å². The van der Waals surface area contributed by atoms with Gasteiger partial charge in [0.05, 0.1) is 5.56 Å². The Balaban J connectivity index is 1.40.